The summed E-state index contributed by atoms with van der Waals surface area (Å²) in [6, 6.07) is 7.04. The fourth-order valence-corrected chi connectivity index (χ4v) is 3.54. The van der Waals surface area contributed by atoms with Gasteiger partial charge in [0.2, 0.25) is 0 Å². The monoisotopic (exact) mass is 357 g/mol. The van der Waals surface area contributed by atoms with Crippen molar-refractivity contribution in [2.24, 2.45) is 11.7 Å². The van der Waals surface area contributed by atoms with Crippen molar-refractivity contribution in [2.45, 2.75) is 51.7 Å². The molecule has 0 unspecified atom stereocenters. The number of aromatic nitrogens is 1. The molecule has 0 saturated carbocycles. The van der Waals surface area contributed by atoms with Gasteiger partial charge in [-0.05, 0) is 37.3 Å². The molecule has 3 atom stereocenters. The van der Waals surface area contributed by atoms with Gasteiger partial charge < -0.3 is 10.7 Å². The minimum Gasteiger partial charge on any atom is -0.357 e. The molecule has 0 spiro atoms. The average Bonchev–Trinajstić information content (AvgIpc) is 2.98. The summed E-state index contributed by atoms with van der Waals surface area (Å²) < 4.78 is 0. The van der Waals surface area contributed by atoms with Crippen LogP contribution in [-0.4, -0.2) is 28.9 Å². The molecule has 26 heavy (non-hydrogen) atoms. The Labute approximate surface area is 153 Å². The molecular formula is C19H27N5O2. The number of carbonyl (C=O) groups is 2. The molecule has 1 aliphatic heterocycles. The number of nitrogens with one attached hydrogen (secondary N) is 4. The number of nitrogens with two attached hydrogens (primary N) is 1. The summed E-state index contributed by atoms with van der Waals surface area (Å²) in [6.07, 6.45) is 1.13. The zero-order chi connectivity index (χ0) is 18.8. The van der Waals surface area contributed by atoms with E-state index in [2.05, 4.69) is 27.2 Å². The molecule has 6 N–H and O–H groups in total. The lowest BCUT2D eigenvalue weighted by Crippen LogP contribution is -2.56. The minimum absolute atomic E-state index is 0.0146. The van der Waals surface area contributed by atoms with E-state index in [0.717, 1.165) is 22.2 Å². The third-order valence-electron chi connectivity index (χ3n) is 4.83. The van der Waals surface area contributed by atoms with Gasteiger partial charge in [-0.3, -0.25) is 25.8 Å². The Morgan fingerprint density at radius 1 is 1.27 bits per heavy atom. The van der Waals surface area contributed by atoms with E-state index in [1.165, 1.54) is 0 Å². The summed E-state index contributed by atoms with van der Waals surface area (Å²) in [5.74, 6) is -0.325. The van der Waals surface area contributed by atoms with Crippen molar-refractivity contribution in [3.63, 3.8) is 0 Å². The molecule has 0 saturated heterocycles. The first-order valence-electron chi connectivity index (χ1n) is 9.07. The van der Waals surface area contributed by atoms with Crippen molar-refractivity contribution in [1.82, 2.24) is 21.2 Å². The standard InChI is InChI=1S/C19H27N5O2/c1-10(2)8-14(20)18(25)23-24-19(26)16-9-13-12-6-4-5-7-15(12)22-17(13)11(3)21-16/h4-7,10-11,14,16,21-22H,8-9,20H2,1-3H3,(H,23,25)(H,24,26)/t11-,14-,16-/m0/s1. The summed E-state index contributed by atoms with van der Waals surface area (Å²) in [4.78, 5) is 27.9. The van der Waals surface area contributed by atoms with Crippen molar-refractivity contribution in [2.75, 3.05) is 0 Å². The van der Waals surface area contributed by atoms with Crippen LogP contribution in [-0.2, 0) is 16.0 Å². The van der Waals surface area contributed by atoms with E-state index >= 15 is 0 Å². The fraction of sp³-hybridized carbons (Fsp3) is 0.474. The van der Waals surface area contributed by atoms with Crippen molar-refractivity contribution < 1.29 is 9.59 Å². The molecule has 2 heterocycles. The molecule has 0 bridgehead atoms. The SMILES string of the molecule is CC(C)C[C@H](N)C(=O)NNC(=O)[C@@H]1Cc2c([nH]c3ccccc23)[C@H](C)N1. The van der Waals surface area contributed by atoms with E-state index in [-0.39, 0.29) is 17.9 Å². The molecule has 7 nitrogen and oxygen atoms in total. The van der Waals surface area contributed by atoms with Crippen molar-refractivity contribution in [3.05, 3.63) is 35.5 Å². The van der Waals surface area contributed by atoms with Crippen LogP contribution in [0.2, 0.25) is 0 Å². The van der Waals surface area contributed by atoms with Crippen LogP contribution in [0.1, 0.15) is 44.5 Å². The molecule has 0 aliphatic carbocycles. The number of H-pyrrole nitrogens is 1. The molecule has 1 aromatic carbocycles. The zero-order valence-electron chi connectivity index (χ0n) is 15.4. The lowest BCUT2D eigenvalue weighted by Gasteiger charge is -2.28. The zero-order valence-corrected chi connectivity index (χ0v) is 15.4. The summed E-state index contributed by atoms with van der Waals surface area (Å²) in [6.45, 7) is 6.01. The predicted molar refractivity (Wildman–Crippen MR) is 101 cm³/mol. The molecule has 0 radical (unpaired) electrons. The van der Waals surface area contributed by atoms with E-state index in [1.807, 2.05) is 39.0 Å². The number of rotatable bonds is 4. The van der Waals surface area contributed by atoms with Gasteiger partial charge >= 0.3 is 0 Å². The van der Waals surface area contributed by atoms with Crippen LogP contribution >= 0.6 is 0 Å². The predicted octanol–water partition coefficient (Wildman–Crippen LogP) is 1.26. The van der Waals surface area contributed by atoms with Crippen molar-refractivity contribution in [3.8, 4) is 0 Å². The highest BCUT2D eigenvalue weighted by molar-refractivity contribution is 5.90. The van der Waals surface area contributed by atoms with Gasteiger partial charge in [-0.25, -0.2) is 0 Å². The van der Waals surface area contributed by atoms with E-state index in [9.17, 15) is 9.59 Å². The van der Waals surface area contributed by atoms with Gasteiger partial charge in [-0.2, -0.15) is 0 Å². The highest BCUT2D eigenvalue weighted by atomic mass is 16.2. The summed E-state index contributed by atoms with van der Waals surface area (Å²) in [7, 11) is 0. The first-order chi connectivity index (χ1) is 12.4. The molecule has 3 rings (SSSR count). The second-order valence-corrected chi connectivity index (χ2v) is 7.42. The Morgan fingerprint density at radius 2 is 2.00 bits per heavy atom. The first-order valence-corrected chi connectivity index (χ1v) is 9.07. The van der Waals surface area contributed by atoms with E-state index < -0.39 is 12.1 Å². The van der Waals surface area contributed by atoms with Crippen LogP contribution < -0.4 is 21.9 Å². The number of benzene rings is 1. The van der Waals surface area contributed by atoms with Gasteiger partial charge in [0, 0.05) is 22.6 Å². The van der Waals surface area contributed by atoms with E-state index in [0.29, 0.717) is 18.8 Å². The topological polar surface area (TPSA) is 112 Å². The molecule has 1 aliphatic rings. The largest absolute Gasteiger partial charge is 0.357 e. The van der Waals surface area contributed by atoms with Gasteiger partial charge in [-0.1, -0.05) is 32.0 Å². The number of hydrogen-bond acceptors (Lipinski definition) is 4. The van der Waals surface area contributed by atoms with E-state index in [1.54, 1.807) is 0 Å². The number of carbonyl (C=O) groups excluding carboxylic acids is 2. The Bertz CT molecular complexity index is 813. The smallest absolute Gasteiger partial charge is 0.255 e. The Balaban J connectivity index is 1.65. The van der Waals surface area contributed by atoms with Gasteiger partial charge in [0.1, 0.15) is 0 Å². The summed E-state index contributed by atoms with van der Waals surface area (Å²) >= 11 is 0. The summed E-state index contributed by atoms with van der Waals surface area (Å²) in [5, 5.41) is 4.43. The molecular weight excluding hydrogens is 330 g/mol. The van der Waals surface area contributed by atoms with Gasteiger partial charge in [0.15, 0.2) is 0 Å². The molecule has 0 fully saturated rings. The van der Waals surface area contributed by atoms with Crippen molar-refractivity contribution in [1.29, 1.82) is 0 Å². The van der Waals surface area contributed by atoms with Crippen molar-refractivity contribution >= 4 is 22.7 Å². The lowest BCUT2D eigenvalue weighted by atomic mass is 9.94. The number of hydrogen-bond donors (Lipinski definition) is 5. The second kappa shape index (κ2) is 7.47. The highest BCUT2D eigenvalue weighted by Gasteiger charge is 2.31. The van der Waals surface area contributed by atoms with Crippen LogP contribution in [0.4, 0.5) is 0 Å². The van der Waals surface area contributed by atoms with Gasteiger partial charge in [0.05, 0.1) is 12.1 Å². The normalized spacial score (nSPS) is 20.7. The minimum atomic E-state index is -0.631. The number of para-hydroxylation sites is 1. The molecule has 140 valence electrons. The lowest BCUT2D eigenvalue weighted by molar-refractivity contribution is -0.131. The fourth-order valence-electron chi connectivity index (χ4n) is 3.54. The van der Waals surface area contributed by atoms with Crippen LogP contribution in [0.25, 0.3) is 10.9 Å². The average molecular weight is 357 g/mol. The number of aromatic amines is 1. The Morgan fingerprint density at radius 3 is 2.73 bits per heavy atom. The maximum atomic E-state index is 12.5. The van der Waals surface area contributed by atoms with Crippen LogP contribution in [0.15, 0.2) is 24.3 Å². The van der Waals surface area contributed by atoms with Gasteiger partial charge in [-0.15, -0.1) is 0 Å². The number of amides is 2. The molecule has 7 heteroatoms. The third kappa shape index (κ3) is 3.73. The molecule has 1 aromatic heterocycles. The molecule has 2 aromatic rings. The van der Waals surface area contributed by atoms with E-state index in [4.69, 9.17) is 5.73 Å². The maximum Gasteiger partial charge on any atom is 0.255 e. The Hall–Kier alpha value is -2.38. The number of hydrazine groups is 1. The second-order valence-electron chi connectivity index (χ2n) is 7.42. The van der Waals surface area contributed by atoms with Crippen LogP contribution in [0, 0.1) is 5.92 Å². The molecule has 2 amide bonds. The maximum absolute atomic E-state index is 12.5. The van der Waals surface area contributed by atoms with Crippen LogP contribution in [0.3, 0.4) is 0 Å². The van der Waals surface area contributed by atoms with Crippen LogP contribution in [0.5, 0.6) is 0 Å². The van der Waals surface area contributed by atoms with Gasteiger partial charge in [0.25, 0.3) is 11.8 Å². The highest BCUT2D eigenvalue weighted by Crippen LogP contribution is 2.31. The Kier molecular flexibility index (Phi) is 5.29. The first kappa shape index (κ1) is 18.4. The third-order valence-corrected chi connectivity index (χ3v) is 4.83. The number of fused-ring (bicyclic) bond motifs is 3. The quantitative estimate of drug-likeness (QED) is 0.530. The summed E-state index contributed by atoms with van der Waals surface area (Å²) in [5.41, 5.74) is 14.1.